The molecule has 176 valence electrons. The first-order valence-electron chi connectivity index (χ1n) is 9.92. The number of thioether (sulfide) groups is 1. The summed E-state index contributed by atoms with van der Waals surface area (Å²) in [7, 11) is -2.50. The molecule has 3 heterocycles. The number of likely N-dealkylation sites (tertiary alicyclic amines) is 1. The number of anilines is 1. The molecule has 33 heavy (non-hydrogen) atoms. The lowest BCUT2D eigenvalue weighted by Gasteiger charge is -2.22. The minimum absolute atomic E-state index is 0.0466. The summed E-state index contributed by atoms with van der Waals surface area (Å²) in [5, 5.41) is 11.7. The summed E-state index contributed by atoms with van der Waals surface area (Å²) in [5.74, 6) is -3.62. The topological polar surface area (TPSA) is 138 Å². The van der Waals surface area contributed by atoms with Gasteiger partial charge in [0.25, 0.3) is 5.91 Å². The summed E-state index contributed by atoms with van der Waals surface area (Å²) in [4.78, 5) is 37.2. The third kappa shape index (κ3) is 4.35. The molecule has 1 aromatic carbocycles. The van der Waals surface area contributed by atoms with Crippen LogP contribution < -0.4 is 10.0 Å². The lowest BCUT2D eigenvalue weighted by atomic mass is 10.1. The normalized spacial score (nSPS) is 21.5. The maximum atomic E-state index is 13.5. The van der Waals surface area contributed by atoms with E-state index in [-0.39, 0.29) is 34.5 Å². The predicted molar refractivity (Wildman–Crippen MR) is 117 cm³/mol. The van der Waals surface area contributed by atoms with Crippen molar-refractivity contribution in [3.8, 4) is 0 Å². The van der Waals surface area contributed by atoms with Gasteiger partial charge >= 0.3 is 11.9 Å². The van der Waals surface area contributed by atoms with Crippen molar-refractivity contribution < 1.29 is 32.3 Å². The van der Waals surface area contributed by atoms with Crippen molar-refractivity contribution in [2.45, 2.75) is 22.8 Å². The molecule has 2 aliphatic heterocycles. The fourth-order valence-corrected chi connectivity index (χ4v) is 7.23. The van der Waals surface area contributed by atoms with E-state index in [9.17, 15) is 27.2 Å². The number of carboxylic acids is 1. The van der Waals surface area contributed by atoms with Gasteiger partial charge in [0, 0.05) is 49.7 Å². The number of aromatic nitrogens is 1. The second kappa shape index (κ2) is 8.47. The van der Waals surface area contributed by atoms with Gasteiger partial charge in [-0.05, 0) is 30.7 Å². The SMILES string of the molecule is Cc1cc(NC(=O)c2c3c(cn2C)S(=O)(=O)N[C@H]2CN(C(=O)C(=O)O)C[C@H]2CS3)ccc1F. The summed E-state index contributed by atoms with van der Waals surface area (Å²) >= 11 is 1.17. The zero-order valence-corrected chi connectivity index (χ0v) is 19.3. The first-order chi connectivity index (χ1) is 15.5. The van der Waals surface area contributed by atoms with E-state index in [4.69, 9.17) is 5.11 Å². The molecule has 1 fully saturated rings. The van der Waals surface area contributed by atoms with Crippen molar-refractivity contribution in [2.75, 3.05) is 24.2 Å². The standard InChI is InChI=1S/C20H21FN4O6S2/c1-10-5-12(3-4-13(10)21)22-18(26)16-17-15(8-24(16)2)33(30,31)23-14-7-25(19(27)20(28)29)6-11(14)9-32-17/h3-5,8,11,14,23H,6-7,9H2,1-2H3,(H,22,26)(H,28,29)/t11-,14-/m0/s1. The molecule has 1 saturated heterocycles. The molecule has 0 bridgehead atoms. The molecule has 13 heteroatoms. The molecule has 0 radical (unpaired) electrons. The van der Waals surface area contributed by atoms with E-state index in [1.807, 2.05) is 0 Å². The summed E-state index contributed by atoms with van der Waals surface area (Å²) in [6.07, 6.45) is 1.34. The summed E-state index contributed by atoms with van der Waals surface area (Å²) in [6.45, 7) is 1.60. The minimum Gasteiger partial charge on any atom is -0.474 e. The lowest BCUT2D eigenvalue weighted by molar-refractivity contribution is -0.155. The van der Waals surface area contributed by atoms with Gasteiger partial charge in [-0.2, -0.15) is 0 Å². The molecule has 0 saturated carbocycles. The number of amides is 2. The van der Waals surface area contributed by atoms with Crippen LogP contribution in [0.25, 0.3) is 0 Å². The van der Waals surface area contributed by atoms with E-state index in [2.05, 4.69) is 10.0 Å². The number of carboxylic acid groups (broad SMARTS) is 1. The van der Waals surface area contributed by atoms with Crippen LogP contribution in [0.5, 0.6) is 0 Å². The number of nitrogens with one attached hydrogen (secondary N) is 2. The highest BCUT2D eigenvalue weighted by Crippen LogP contribution is 2.37. The highest BCUT2D eigenvalue weighted by molar-refractivity contribution is 8.00. The smallest absolute Gasteiger partial charge is 0.394 e. The third-order valence-electron chi connectivity index (χ3n) is 5.68. The Morgan fingerprint density at radius 1 is 1.27 bits per heavy atom. The summed E-state index contributed by atoms with van der Waals surface area (Å²) in [6, 6.07) is 3.48. The maximum Gasteiger partial charge on any atom is 0.394 e. The number of aryl methyl sites for hydroxylation is 2. The Hall–Kier alpha value is -2.90. The number of fused-ring (bicyclic) bond motifs is 2. The van der Waals surface area contributed by atoms with Crippen molar-refractivity contribution in [2.24, 2.45) is 13.0 Å². The van der Waals surface area contributed by atoms with Crippen LogP contribution in [0, 0.1) is 18.7 Å². The van der Waals surface area contributed by atoms with E-state index in [1.165, 1.54) is 40.7 Å². The van der Waals surface area contributed by atoms with Gasteiger partial charge in [0.15, 0.2) is 0 Å². The average Bonchev–Trinajstić information content (AvgIpc) is 3.27. The molecular weight excluding hydrogens is 475 g/mol. The number of hydrogen-bond acceptors (Lipinski definition) is 6. The van der Waals surface area contributed by atoms with E-state index < -0.39 is 39.7 Å². The van der Waals surface area contributed by atoms with Crippen LogP contribution in [0.2, 0.25) is 0 Å². The van der Waals surface area contributed by atoms with Gasteiger partial charge in [-0.3, -0.25) is 9.59 Å². The second-order valence-electron chi connectivity index (χ2n) is 8.01. The van der Waals surface area contributed by atoms with Gasteiger partial charge in [-0.1, -0.05) is 0 Å². The first kappa shape index (κ1) is 23.3. The predicted octanol–water partition coefficient (Wildman–Crippen LogP) is 1.02. The fraction of sp³-hybridized carbons (Fsp3) is 0.350. The highest BCUT2D eigenvalue weighted by Gasteiger charge is 2.42. The molecule has 1 aromatic heterocycles. The van der Waals surface area contributed by atoms with Gasteiger partial charge in [-0.15, -0.1) is 11.8 Å². The molecule has 0 aliphatic carbocycles. The Bertz CT molecular complexity index is 1280. The van der Waals surface area contributed by atoms with Crippen molar-refractivity contribution in [1.82, 2.24) is 14.2 Å². The van der Waals surface area contributed by atoms with Gasteiger partial charge in [-0.25, -0.2) is 22.3 Å². The molecule has 2 atom stereocenters. The van der Waals surface area contributed by atoms with Gasteiger partial charge in [0.05, 0.1) is 4.90 Å². The Balaban J connectivity index is 1.64. The first-order valence-corrected chi connectivity index (χ1v) is 12.4. The van der Waals surface area contributed by atoms with Crippen LogP contribution in [-0.2, 0) is 26.7 Å². The maximum absolute atomic E-state index is 13.5. The van der Waals surface area contributed by atoms with Crippen LogP contribution in [-0.4, -0.2) is 65.7 Å². The van der Waals surface area contributed by atoms with E-state index in [0.29, 0.717) is 17.0 Å². The molecule has 10 nitrogen and oxygen atoms in total. The highest BCUT2D eigenvalue weighted by atomic mass is 32.2. The van der Waals surface area contributed by atoms with Crippen LogP contribution in [0.1, 0.15) is 16.1 Å². The number of halogens is 1. The number of carbonyl (C=O) groups excluding carboxylic acids is 2. The number of aliphatic carboxylic acids is 1. The molecular formula is C20H21FN4O6S2. The Kier molecular flexibility index (Phi) is 5.97. The average molecular weight is 497 g/mol. The molecule has 4 rings (SSSR count). The fourth-order valence-electron chi connectivity index (χ4n) is 4.01. The second-order valence-corrected chi connectivity index (χ2v) is 10.7. The number of nitrogens with zero attached hydrogens (tertiary/aromatic N) is 2. The lowest BCUT2D eigenvalue weighted by Crippen LogP contribution is -2.43. The molecule has 2 aliphatic rings. The molecule has 3 N–H and O–H groups in total. The summed E-state index contributed by atoms with van der Waals surface area (Å²) in [5.41, 5.74) is 0.838. The van der Waals surface area contributed by atoms with E-state index in [1.54, 1.807) is 14.0 Å². The number of carbonyl (C=O) groups is 3. The monoisotopic (exact) mass is 496 g/mol. The van der Waals surface area contributed by atoms with E-state index >= 15 is 0 Å². The number of sulfonamides is 1. The number of benzene rings is 1. The largest absolute Gasteiger partial charge is 0.474 e. The van der Waals surface area contributed by atoms with Crippen LogP contribution in [0.15, 0.2) is 34.2 Å². The quantitative estimate of drug-likeness (QED) is 0.528. The van der Waals surface area contributed by atoms with Gasteiger partial charge in [0.1, 0.15) is 16.4 Å². The van der Waals surface area contributed by atoms with Crippen molar-refractivity contribution in [1.29, 1.82) is 0 Å². The van der Waals surface area contributed by atoms with Crippen LogP contribution in [0.4, 0.5) is 10.1 Å². The van der Waals surface area contributed by atoms with Crippen molar-refractivity contribution >= 4 is 45.3 Å². The zero-order valence-electron chi connectivity index (χ0n) is 17.7. The Morgan fingerprint density at radius 3 is 2.67 bits per heavy atom. The summed E-state index contributed by atoms with van der Waals surface area (Å²) < 4.78 is 43.7. The Labute approximate surface area is 193 Å². The molecule has 0 unspecified atom stereocenters. The molecule has 2 amide bonds. The van der Waals surface area contributed by atoms with E-state index in [0.717, 1.165) is 4.90 Å². The van der Waals surface area contributed by atoms with Crippen molar-refractivity contribution in [3.63, 3.8) is 0 Å². The van der Waals surface area contributed by atoms with Gasteiger partial charge in [0.2, 0.25) is 10.0 Å². The minimum atomic E-state index is -4.05. The Morgan fingerprint density at radius 2 is 2.00 bits per heavy atom. The third-order valence-corrected chi connectivity index (χ3v) is 8.61. The molecule has 0 spiro atoms. The van der Waals surface area contributed by atoms with Crippen LogP contribution in [0.3, 0.4) is 0 Å². The number of hydrogen-bond donors (Lipinski definition) is 3. The zero-order chi connectivity index (χ0) is 24.1. The van der Waals surface area contributed by atoms with Gasteiger partial charge < -0.3 is 19.9 Å². The molecule has 2 aromatic rings. The van der Waals surface area contributed by atoms with Crippen molar-refractivity contribution in [3.05, 3.63) is 41.5 Å². The van der Waals surface area contributed by atoms with Crippen LogP contribution >= 0.6 is 11.8 Å². The number of rotatable bonds is 2.